The van der Waals surface area contributed by atoms with Crippen molar-refractivity contribution >= 4 is 0 Å². The molecular formula is C12H27N3. The van der Waals surface area contributed by atoms with Crippen molar-refractivity contribution in [2.24, 2.45) is 11.7 Å². The topological polar surface area (TPSA) is 32.5 Å². The van der Waals surface area contributed by atoms with Gasteiger partial charge in [0.1, 0.15) is 0 Å². The van der Waals surface area contributed by atoms with Crippen LogP contribution < -0.4 is 5.73 Å². The Labute approximate surface area is 94.6 Å². The van der Waals surface area contributed by atoms with Crippen LogP contribution >= 0.6 is 0 Å². The lowest BCUT2D eigenvalue weighted by Crippen LogP contribution is -2.28. The molecule has 0 aromatic heterocycles. The first-order valence-electron chi connectivity index (χ1n) is 6.29. The molecule has 0 radical (unpaired) electrons. The highest BCUT2D eigenvalue weighted by molar-refractivity contribution is 4.75. The van der Waals surface area contributed by atoms with E-state index in [0.717, 1.165) is 12.5 Å². The van der Waals surface area contributed by atoms with E-state index in [0.29, 0.717) is 0 Å². The highest BCUT2D eigenvalue weighted by atomic mass is 15.1. The summed E-state index contributed by atoms with van der Waals surface area (Å²) in [6, 6.07) is 0. The Hall–Kier alpha value is -0.120. The zero-order chi connectivity index (χ0) is 11.1. The summed E-state index contributed by atoms with van der Waals surface area (Å²) >= 11 is 0. The third-order valence-electron chi connectivity index (χ3n) is 3.30. The van der Waals surface area contributed by atoms with Gasteiger partial charge in [0.2, 0.25) is 0 Å². The van der Waals surface area contributed by atoms with Gasteiger partial charge in [-0.2, -0.15) is 0 Å². The van der Waals surface area contributed by atoms with Crippen molar-refractivity contribution in [1.29, 1.82) is 0 Å². The molecule has 1 aliphatic rings. The maximum atomic E-state index is 5.47. The Morgan fingerprint density at radius 1 is 1.33 bits per heavy atom. The van der Waals surface area contributed by atoms with Gasteiger partial charge in [-0.25, -0.2) is 0 Å². The third kappa shape index (κ3) is 5.50. The zero-order valence-corrected chi connectivity index (χ0v) is 10.4. The summed E-state index contributed by atoms with van der Waals surface area (Å²) in [5.74, 6) is 0.898. The van der Waals surface area contributed by atoms with Gasteiger partial charge in [0, 0.05) is 13.1 Å². The first-order chi connectivity index (χ1) is 7.22. The lowest BCUT2D eigenvalue weighted by molar-refractivity contribution is 0.268. The van der Waals surface area contributed by atoms with Crippen molar-refractivity contribution in [2.75, 3.05) is 46.8 Å². The normalized spacial score (nSPS) is 22.8. The molecule has 1 heterocycles. The van der Waals surface area contributed by atoms with Crippen molar-refractivity contribution in [1.82, 2.24) is 9.80 Å². The molecule has 15 heavy (non-hydrogen) atoms. The summed E-state index contributed by atoms with van der Waals surface area (Å²) < 4.78 is 0. The maximum Gasteiger partial charge on any atom is 0.00193 e. The number of hydrogen-bond acceptors (Lipinski definition) is 3. The highest BCUT2D eigenvalue weighted by Gasteiger charge is 2.20. The summed E-state index contributed by atoms with van der Waals surface area (Å²) in [6.07, 6.45) is 5.14. The van der Waals surface area contributed by atoms with Crippen molar-refractivity contribution in [3.05, 3.63) is 0 Å². The van der Waals surface area contributed by atoms with Gasteiger partial charge >= 0.3 is 0 Å². The van der Waals surface area contributed by atoms with Crippen LogP contribution in [-0.2, 0) is 0 Å². The fourth-order valence-corrected chi connectivity index (χ4v) is 2.41. The SMILES string of the molecule is CN(CCCCCN)CC1CCN(C)C1. The molecule has 0 aromatic carbocycles. The molecule has 1 saturated heterocycles. The maximum absolute atomic E-state index is 5.47. The Bertz CT molecular complexity index is 161. The van der Waals surface area contributed by atoms with Gasteiger partial charge in [-0.3, -0.25) is 0 Å². The molecule has 1 unspecified atom stereocenters. The second-order valence-electron chi connectivity index (χ2n) is 5.03. The number of unbranched alkanes of at least 4 members (excludes halogenated alkanes) is 2. The van der Waals surface area contributed by atoms with Crippen LogP contribution in [0.3, 0.4) is 0 Å². The first-order valence-corrected chi connectivity index (χ1v) is 6.29. The van der Waals surface area contributed by atoms with Crippen molar-refractivity contribution in [3.8, 4) is 0 Å². The quantitative estimate of drug-likeness (QED) is 0.640. The minimum atomic E-state index is 0.844. The average Bonchev–Trinajstić information content (AvgIpc) is 2.59. The average molecular weight is 213 g/mol. The molecule has 0 spiro atoms. The van der Waals surface area contributed by atoms with E-state index in [4.69, 9.17) is 5.73 Å². The molecule has 1 aliphatic heterocycles. The van der Waals surface area contributed by atoms with Gasteiger partial charge in [-0.1, -0.05) is 6.42 Å². The molecule has 1 fully saturated rings. The number of nitrogens with zero attached hydrogens (tertiary/aromatic N) is 2. The van der Waals surface area contributed by atoms with E-state index in [1.807, 2.05) is 0 Å². The summed E-state index contributed by atoms with van der Waals surface area (Å²) in [5, 5.41) is 0. The molecular weight excluding hydrogens is 186 g/mol. The molecule has 0 amide bonds. The van der Waals surface area contributed by atoms with Crippen molar-refractivity contribution in [2.45, 2.75) is 25.7 Å². The monoisotopic (exact) mass is 213 g/mol. The van der Waals surface area contributed by atoms with E-state index in [2.05, 4.69) is 23.9 Å². The van der Waals surface area contributed by atoms with Crippen molar-refractivity contribution in [3.63, 3.8) is 0 Å². The van der Waals surface area contributed by atoms with Crippen LogP contribution in [0, 0.1) is 5.92 Å². The fraction of sp³-hybridized carbons (Fsp3) is 1.00. The molecule has 1 atom stereocenters. The van der Waals surface area contributed by atoms with Gasteiger partial charge in [-0.05, 0) is 58.9 Å². The molecule has 3 nitrogen and oxygen atoms in total. The van der Waals surface area contributed by atoms with Crippen LogP contribution in [0.1, 0.15) is 25.7 Å². The smallest absolute Gasteiger partial charge is 0.00193 e. The summed E-state index contributed by atoms with van der Waals surface area (Å²) in [4.78, 5) is 4.92. The molecule has 2 N–H and O–H groups in total. The molecule has 0 aliphatic carbocycles. The zero-order valence-electron chi connectivity index (χ0n) is 10.4. The summed E-state index contributed by atoms with van der Waals surface area (Å²) in [5.41, 5.74) is 5.47. The predicted molar refractivity (Wildman–Crippen MR) is 66.0 cm³/mol. The Balaban J connectivity index is 2.00. The second-order valence-corrected chi connectivity index (χ2v) is 5.03. The standard InChI is InChI=1S/C12H27N3/c1-14(8-5-3-4-7-13)10-12-6-9-15(2)11-12/h12H,3-11,13H2,1-2H3. The van der Waals surface area contributed by atoms with Gasteiger partial charge in [0.05, 0.1) is 0 Å². The minimum absolute atomic E-state index is 0.844. The summed E-state index contributed by atoms with van der Waals surface area (Å²) in [7, 11) is 4.47. The van der Waals surface area contributed by atoms with E-state index < -0.39 is 0 Å². The lowest BCUT2D eigenvalue weighted by atomic mass is 10.1. The molecule has 0 saturated carbocycles. The highest BCUT2D eigenvalue weighted by Crippen LogP contribution is 2.15. The second kappa shape index (κ2) is 7.20. The van der Waals surface area contributed by atoms with E-state index >= 15 is 0 Å². The van der Waals surface area contributed by atoms with E-state index in [1.165, 1.54) is 51.9 Å². The van der Waals surface area contributed by atoms with Crippen LogP contribution in [0.15, 0.2) is 0 Å². The number of hydrogen-bond donors (Lipinski definition) is 1. The Morgan fingerprint density at radius 3 is 2.73 bits per heavy atom. The van der Waals surface area contributed by atoms with E-state index in [1.54, 1.807) is 0 Å². The number of likely N-dealkylation sites (tertiary alicyclic amines) is 1. The van der Waals surface area contributed by atoms with Gasteiger partial charge < -0.3 is 15.5 Å². The minimum Gasteiger partial charge on any atom is -0.330 e. The Kier molecular flexibility index (Phi) is 6.22. The molecule has 3 heteroatoms. The number of nitrogens with two attached hydrogens (primary N) is 1. The Morgan fingerprint density at radius 2 is 2.13 bits per heavy atom. The van der Waals surface area contributed by atoms with Crippen LogP contribution in [0.4, 0.5) is 0 Å². The molecule has 1 rings (SSSR count). The number of rotatable bonds is 7. The van der Waals surface area contributed by atoms with E-state index in [9.17, 15) is 0 Å². The molecule has 0 aromatic rings. The van der Waals surface area contributed by atoms with Crippen molar-refractivity contribution < 1.29 is 0 Å². The van der Waals surface area contributed by atoms with Gasteiger partial charge in [-0.15, -0.1) is 0 Å². The largest absolute Gasteiger partial charge is 0.330 e. The van der Waals surface area contributed by atoms with Crippen LogP contribution in [-0.4, -0.2) is 56.6 Å². The first kappa shape index (κ1) is 12.9. The van der Waals surface area contributed by atoms with Gasteiger partial charge in [0.15, 0.2) is 0 Å². The van der Waals surface area contributed by atoms with Gasteiger partial charge in [0.25, 0.3) is 0 Å². The fourth-order valence-electron chi connectivity index (χ4n) is 2.41. The van der Waals surface area contributed by atoms with Crippen LogP contribution in [0.2, 0.25) is 0 Å². The van der Waals surface area contributed by atoms with Crippen LogP contribution in [0.25, 0.3) is 0 Å². The van der Waals surface area contributed by atoms with E-state index in [-0.39, 0.29) is 0 Å². The molecule has 0 bridgehead atoms. The predicted octanol–water partition coefficient (Wildman–Crippen LogP) is 0.999. The summed E-state index contributed by atoms with van der Waals surface area (Å²) in [6.45, 7) is 5.92. The third-order valence-corrected chi connectivity index (χ3v) is 3.30. The lowest BCUT2D eigenvalue weighted by Gasteiger charge is -2.20. The van der Waals surface area contributed by atoms with Crippen LogP contribution in [0.5, 0.6) is 0 Å². The molecule has 90 valence electrons.